The maximum absolute atomic E-state index is 14.5. The average Bonchev–Trinajstić information content (AvgIpc) is 3.55. The summed E-state index contributed by atoms with van der Waals surface area (Å²) in [4.78, 5) is 58.1. The molecule has 284 valence electrons. The van der Waals surface area contributed by atoms with Gasteiger partial charge in [-0.2, -0.15) is 5.01 Å². The van der Waals surface area contributed by atoms with Crippen LogP contribution in [-0.2, 0) is 40.4 Å². The quantitative estimate of drug-likeness (QED) is 0.155. The van der Waals surface area contributed by atoms with E-state index in [0.717, 1.165) is 33.0 Å². The first-order valence-electron chi connectivity index (χ1n) is 18.3. The molecule has 7 rings (SSSR count). The van der Waals surface area contributed by atoms with E-state index in [1.165, 1.54) is 5.01 Å². The standard InChI is InChI=1S/C44H42N6O6/c1-3-24-48(43(53)45-26-32-18-22-37(55-2)23-19-32)49-29-41(51)50-39(25-31-16-20-36(21-17-31)46-44(54)56-30-33-10-5-4-6-11-33)42(52)47(28-40(49)50)27-35-14-9-13-34-12-7-8-15-38(34)35/h1,4-23,39-40H,24-30H2,2H3,(H,45,53)(H,46,54)/t39-,40+/m0/s1. The molecule has 12 nitrogen and oxygen atoms in total. The van der Waals surface area contributed by atoms with Gasteiger partial charge in [0.05, 0.1) is 26.7 Å². The number of methoxy groups -OCH3 is 1. The molecule has 0 aromatic heterocycles. The molecule has 12 heteroatoms. The van der Waals surface area contributed by atoms with Crippen molar-refractivity contribution in [2.75, 3.05) is 32.1 Å². The number of carbonyl (C=O) groups is 4. The second-order valence-electron chi connectivity index (χ2n) is 13.6. The fourth-order valence-electron chi connectivity index (χ4n) is 7.23. The van der Waals surface area contributed by atoms with Crippen LogP contribution in [0.15, 0.2) is 121 Å². The van der Waals surface area contributed by atoms with Gasteiger partial charge in [-0.25, -0.2) is 14.6 Å². The van der Waals surface area contributed by atoms with Crippen LogP contribution in [0.1, 0.15) is 22.3 Å². The monoisotopic (exact) mass is 750 g/mol. The Balaban J connectivity index is 1.12. The molecule has 5 aromatic carbocycles. The summed E-state index contributed by atoms with van der Waals surface area (Å²) in [5.74, 6) is 2.78. The Morgan fingerprint density at radius 1 is 0.857 bits per heavy atom. The van der Waals surface area contributed by atoms with Crippen molar-refractivity contribution in [2.45, 2.75) is 38.3 Å². The lowest BCUT2D eigenvalue weighted by Crippen LogP contribution is -2.66. The number of hydrazine groups is 1. The number of terminal acetylenes is 1. The number of piperazine rings is 1. The molecular formula is C44H42N6O6. The van der Waals surface area contributed by atoms with Gasteiger partial charge in [-0.05, 0) is 57.3 Å². The molecule has 2 heterocycles. The van der Waals surface area contributed by atoms with Gasteiger partial charge in [0.25, 0.3) is 0 Å². The maximum Gasteiger partial charge on any atom is 0.411 e. The molecule has 2 fully saturated rings. The Bertz CT molecular complexity index is 2240. The largest absolute Gasteiger partial charge is 0.497 e. The number of urea groups is 1. The number of carbonyl (C=O) groups excluding carboxylic acids is 4. The topological polar surface area (TPSA) is 124 Å². The van der Waals surface area contributed by atoms with Crippen molar-refractivity contribution in [3.63, 3.8) is 0 Å². The Labute approximate surface area is 325 Å². The van der Waals surface area contributed by atoms with Gasteiger partial charge in [-0.3, -0.25) is 14.9 Å². The minimum atomic E-state index is -0.870. The van der Waals surface area contributed by atoms with Crippen molar-refractivity contribution in [1.29, 1.82) is 0 Å². The minimum absolute atomic E-state index is 0.0871. The number of fused-ring (bicyclic) bond motifs is 2. The molecule has 0 radical (unpaired) electrons. The molecule has 0 spiro atoms. The summed E-state index contributed by atoms with van der Waals surface area (Å²) in [7, 11) is 1.59. The van der Waals surface area contributed by atoms with Crippen LogP contribution in [0.25, 0.3) is 10.8 Å². The summed E-state index contributed by atoms with van der Waals surface area (Å²) in [6.45, 7) is 0.595. The third-order valence-corrected chi connectivity index (χ3v) is 10.0. The van der Waals surface area contributed by atoms with E-state index in [1.807, 2.05) is 109 Å². The first kappa shape index (κ1) is 37.5. The van der Waals surface area contributed by atoms with Crippen LogP contribution in [0.2, 0.25) is 0 Å². The third kappa shape index (κ3) is 8.43. The molecule has 2 aliphatic rings. The van der Waals surface area contributed by atoms with Crippen LogP contribution >= 0.6 is 0 Å². The van der Waals surface area contributed by atoms with Crippen LogP contribution < -0.4 is 15.4 Å². The van der Waals surface area contributed by atoms with Gasteiger partial charge >= 0.3 is 12.1 Å². The number of hydrogen-bond donors (Lipinski definition) is 2. The van der Waals surface area contributed by atoms with Crippen molar-refractivity contribution in [3.05, 3.63) is 144 Å². The number of nitrogens with one attached hydrogen (secondary N) is 2. The Morgan fingerprint density at radius 2 is 1.57 bits per heavy atom. The lowest BCUT2D eigenvalue weighted by molar-refractivity contribution is -0.157. The van der Waals surface area contributed by atoms with Crippen LogP contribution in [0, 0.1) is 12.3 Å². The Morgan fingerprint density at radius 3 is 2.32 bits per heavy atom. The molecule has 2 atom stereocenters. The van der Waals surface area contributed by atoms with Crippen molar-refractivity contribution < 1.29 is 28.7 Å². The summed E-state index contributed by atoms with van der Waals surface area (Å²) in [6, 6.07) is 36.5. The van der Waals surface area contributed by atoms with Crippen LogP contribution in [-0.4, -0.2) is 82.7 Å². The minimum Gasteiger partial charge on any atom is -0.497 e. The van der Waals surface area contributed by atoms with Gasteiger partial charge < -0.3 is 24.6 Å². The van der Waals surface area contributed by atoms with E-state index in [9.17, 15) is 19.2 Å². The van der Waals surface area contributed by atoms with E-state index in [0.29, 0.717) is 18.0 Å². The van der Waals surface area contributed by atoms with Crippen LogP contribution in [0.5, 0.6) is 5.75 Å². The predicted molar refractivity (Wildman–Crippen MR) is 212 cm³/mol. The molecule has 2 N–H and O–H groups in total. The zero-order valence-electron chi connectivity index (χ0n) is 31.0. The third-order valence-electron chi connectivity index (χ3n) is 10.0. The molecule has 0 bridgehead atoms. The number of nitrogens with zero attached hydrogens (tertiary/aromatic N) is 4. The van der Waals surface area contributed by atoms with Crippen molar-refractivity contribution in [3.8, 4) is 18.1 Å². The van der Waals surface area contributed by atoms with Gasteiger partial charge in [0.15, 0.2) is 0 Å². The van der Waals surface area contributed by atoms with E-state index in [-0.39, 0.29) is 51.0 Å². The van der Waals surface area contributed by atoms with E-state index in [2.05, 4.69) is 16.6 Å². The number of benzene rings is 5. The molecular weight excluding hydrogens is 709 g/mol. The maximum atomic E-state index is 14.5. The Kier molecular flexibility index (Phi) is 11.4. The molecule has 0 saturated carbocycles. The molecule has 0 unspecified atom stereocenters. The van der Waals surface area contributed by atoms with Crippen molar-refractivity contribution in [2.24, 2.45) is 0 Å². The molecule has 5 aromatic rings. The van der Waals surface area contributed by atoms with Gasteiger partial charge in [-0.15, -0.1) is 6.42 Å². The van der Waals surface area contributed by atoms with Gasteiger partial charge in [0, 0.05) is 25.2 Å². The van der Waals surface area contributed by atoms with Gasteiger partial charge in [-0.1, -0.05) is 103 Å². The fraction of sp³-hybridized carbons (Fsp3) is 0.227. The highest BCUT2D eigenvalue weighted by Gasteiger charge is 2.52. The summed E-state index contributed by atoms with van der Waals surface area (Å²) in [6.07, 6.45) is 4.73. The smallest absolute Gasteiger partial charge is 0.411 e. The predicted octanol–water partition coefficient (Wildman–Crippen LogP) is 5.78. The molecule has 56 heavy (non-hydrogen) atoms. The highest BCUT2D eigenvalue weighted by molar-refractivity contribution is 5.92. The summed E-state index contributed by atoms with van der Waals surface area (Å²) in [5, 5.41) is 10.8. The van der Waals surface area contributed by atoms with Crippen LogP contribution in [0.4, 0.5) is 15.3 Å². The van der Waals surface area contributed by atoms with E-state index >= 15 is 0 Å². The zero-order chi connectivity index (χ0) is 39.0. The number of hydrogen-bond acceptors (Lipinski definition) is 7. The van der Waals surface area contributed by atoms with Gasteiger partial charge in [0.2, 0.25) is 11.8 Å². The molecule has 0 aliphatic carbocycles. The molecule has 2 saturated heterocycles. The van der Waals surface area contributed by atoms with Gasteiger partial charge in [0.1, 0.15) is 24.6 Å². The fourth-order valence-corrected chi connectivity index (χ4v) is 7.23. The highest BCUT2D eigenvalue weighted by Crippen LogP contribution is 2.31. The summed E-state index contributed by atoms with van der Waals surface area (Å²) >= 11 is 0. The number of ether oxygens (including phenoxy) is 2. The summed E-state index contributed by atoms with van der Waals surface area (Å²) < 4.78 is 10.6. The second-order valence-corrected chi connectivity index (χ2v) is 13.6. The normalized spacial score (nSPS) is 16.6. The van der Waals surface area contributed by atoms with E-state index < -0.39 is 24.3 Å². The van der Waals surface area contributed by atoms with E-state index in [1.54, 1.807) is 34.1 Å². The number of rotatable bonds is 12. The zero-order valence-corrected chi connectivity index (χ0v) is 31.0. The van der Waals surface area contributed by atoms with Crippen molar-refractivity contribution >= 4 is 40.4 Å². The highest BCUT2D eigenvalue weighted by atomic mass is 16.5. The lowest BCUT2D eigenvalue weighted by atomic mass is 9.98. The first-order chi connectivity index (χ1) is 27.3. The summed E-state index contributed by atoms with van der Waals surface area (Å²) in [5.41, 5.74) is 3.99. The van der Waals surface area contributed by atoms with Crippen molar-refractivity contribution in [1.82, 2.24) is 25.1 Å². The van der Waals surface area contributed by atoms with E-state index in [4.69, 9.17) is 15.9 Å². The lowest BCUT2D eigenvalue weighted by Gasteiger charge is -2.46. The number of anilines is 1. The van der Waals surface area contributed by atoms with Crippen LogP contribution in [0.3, 0.4) is 0 Å². The Hall–Kier alpha value is -6.84. The number of amides is 5. The first-order valence-corrected chi connectivity index (χ1v) is 18.3. The SMILES string of the molecule is C#CCN(C(=O)NCc1ccc(OC)cc1)N1CC(=O)N2[C@@H](Cc3ccc(NC(=O)OCc4ccccc4)cc3)C(=O)N(Cc3cccc4ccccc34)C[C@@H]21. The average molecular weight is 751 g/mol. The molecule has 5 amide bonds. The second kappa shape index (κ2) is 17.1. The molecule has 2 aliphatic heterocycles.